The van der Waals surface area contributed by atoms with Crippen LogP contribution in [0.3, 0.4) is 0 Å². The van der Waals surface area contributed by atoms with E-state index < -0.39 is 17.1 Å². The third-order valence-electron chi connectivity index (χ3n) is 3.04. The van der Waals surface area contributed by atoms with Crippen LogP contribution in [0.1, 0.15) is 34.1 Å². The lowest BCUT2D eigenvalue weighted by atomic mass is 9.80. The topological polar surface area (TPSA) is 70.0 Å². The first-order chi connectivity index (χ1) is 7.68. The number of amides is 1. The first-order valence-corrected chi connectivity index (χ1v) is 5.95. The van der Waals surface area contributed by atoms with Crippen LogP contribution in [0, 0.1) is 5.41 Å². The molecule has 1 heterocycles. The maximum atomic E-state index is 11.9. The predicted octanol–water partition coefficient (Wildman–Crippen LogP) is 0.987. The van der Waals surface area contributed by atoms with E-state index in [-0.39, 0.29) is 12.7 Å². The zero-order chi connectivity index (χ0) is 13.3. The summed E-state index contributed by atoms with van der Waals surface area (Å²) < 4.78 is 5.27. The van der Waals surface area contributed by atoms with Crippen molar-refractivity contribution in [1.82, 2.24) is 4.90 Å². The summed E-state index contributed by atoms with van der Waals surface area (Å²) in [7, 11) is 0. The average Bonchev–Trinajstić information content (AvgIpc) is 2.19. The van der Waals surface area contributed by atoms with E-state index >= 15 is 0 Å². The second-order valence-electron chi connectivity index (χ2n) is 6.02. The van der Waals surface area contributed by atoms with Crippen molar-refractivity contribution in [1.29, 1.82) is 0 Å². The van der Waals surface area contributed by atoms with Crippen molar-refractivity contribution >= 4 is 6.09 Å². The Morgan fingerprint density at radius 1 is 1.53 bits per heavy atom. The third-order valence-corrected chi connectivity index (χ3v) is 3.04. The van der Waals surface area contributed by atoms with Gasteiger partial charge in [-0.3, -0.25) is 0 Å². The van der Waals surface area contributed by atoms with E-state index in [0.29, 0.717) is 19.5 Å². The van der Waals surface area contributed by atoms with Gasteiger partial charge >= 0.3 is 6.09 Å². The van der Waals surface area contributed by atoms with Gasteiger partial charge < -0.3 is 19.8 Å². The predicted molar refractivity (Wildman–Crippen MR) is 63.6 cm³/mol. The van der Waals surface area contributed by atoms with Gasteiger partial charge in [0.1, 0.15) is 5.60 Å². The number of ether oxygens (including phenoxy) is 1. The smallest absolute Gasteiger partial charge is 0.410 e. The van der Waals surface area contributed by atoms with Crippen LogP contribution in [-0.2, 0) is 4.74 Å². The first-order valence-electron chi connectivity index (χ1n) is 5.95. The molecule has 0 aromatic rings. The summed E-state index contributed by atoms with van der Waals surface area (Å²) in [5.74, 6) is 0. The minimum Gasteiger partial charge on any atom is -0.444 e. The fraction of sp³-hybridized carbons (Fsp3) is 0.917. The summed E-state index contributed by atoms with van der Waals surface area (Å²) in [6.07, 6.45) is -0.494. The van der Waals surface area contributed by atoms with E-state index in [2.05, 4.69) is 0 Å². The van der Waals surface area contributed by atoms with E-state index in [1.54, 1.807) is 11.8 Å². The quantitative estimate of drug-likeness (QED) is 0.722. The fourth-order valence-corrected chi connectivity index (χ4v) is 1.88. The molecule has 0 aromatic carbocycles. The molecule has 0 aromatic heterocycles. The van der Waals surface area contributed by atoms with Crippen LogP contribution in [0.5, 0.6) is 0 Å². The van der Waals surface area contributed by atoms with Gasteiger partial charge in [0.2, 0.25) is 0 Å². The molecule has 0 unspecified atom stereocenters. The molecule has 0 aliphatic carbocycles. The van der Waals surface area contributed by atoms with Gasteiger partial charge in [-0.25, -0.2) is 4.79 Å². The summed E-state index contributed by atoms with van der Waals surface area (Å²) in [6.45, 7) is 7.85. The third kappa shape index (κ3) is 3.57. The lowest BCUT2D eigenvalue weighted by molar-refractivity contribution is -0.0675. The Labute approximate surface area is 102 Å². The Balaban J connectivity index is 2.66. The van der Waals surface area contributed by atoms with Crippen LogP contribution in [0.4, 0.5) is 4.79 Å². The summed E-state index contributed by atoms with van der Waals surface area (Å²) >= 11 is 0. The normalized spacial score (nSPS) is 30.2. The molecule has 1 saturated heterocycles. The number of carbonyl (C=O) groups excluding carboxylic acids is 1. The van der Waals surface area contributed by atoms with Crippen molar-refractivity contribution < 1.29 is 19.7 Å². The highest BCUT2D eigenvalue weighted by molar-refractivity contribution is 5.68. The minimum absolute atomic E-state index is 0.145. The molecule has 0 radical (unpaired) electrons. The molecule has 5 heteroatoms. The lowest BCUT2D eigenvalue weighted by Crippen LogP contribution is -2.54. The molecular weight excluding hydrogens is 222 g/mol. The van der Waals surface area contributed by atoms with Gasteiger partial charge in [-0.1, -0.05) is 6.92 Å². The molecule has 2 N–H and O–H groups in total. The van der Waals surface area contributed by atoms with Crippen molar-refractivity contribution in [2.75, 3.05) is 19.7 Å². The molecule has 0 spiro atoms. The van der Waals surface area contributed by atoms with Gasteiger partial charge in [0, 0.05) is 18.5 Å². The summed E-state index contributed by atoms with van der Waals surface area (Å²) in [5, 5.41) is 19.1. The molecule has 100 valence electrons. The second-order valence-corrected chi connectivity index (χ2v) is 6.02. The van der Waals surface area contributed by atoms with Crippen LogP contribution in [0.15, 0.2) is 0 Å². The molecule has 17 heavy (non-hydrogen) atoms. The number of carbonyl (C=O) groups is 1. The second kappa shape index (κ2) is 4.82. The molecule has 0 saturated carbocycles. The molecule has 5 nitrogen and oxygen atoms in total. The zero-order valence-electron chi connectivity index (χ0n) is 11.1. The van der Waals surface area contributed by atoms with Gasteiger partial charge in [-0.05, 0) is 27.2 Å². The van der Waals surface area contributed by atoms with Crippen LogP contribution in [-0.4, -0.2) is 52.6 Å². The number of aliphatic hydroxyl groups is 2. The summed E-state index contributed by atoms with van der Waals surface area (Å²) in [5.41, 5.74) is -1.18. The number of likely N-dealkylation sites (tertiary alicyclic amines) is 1. The van der Waals surface area contributed by atoms with E-state index in [1.165, 1.54) is 0 Å². The number of piperidine rings is 1. The zero-order valence-corrected chi connectivity index (χ0v) is 11.1. The van der Waals surface area contributed by atoms with Crippen LogP contribution in [0.25, 0.3) is 0 Å². The Hall–Kier alpha value is -0.810. The van der Waals surface area contributed by atoms with Crippen molar-refractivity contribution in [2.24, 2.45) is 5.41 Å². The number of hydrogen-bond acceptors (Lipinski definition) is 4. The molecule has 1 fully saturated rings. The highest BCUT2D eigenvalue weighted by Gasteiger charge is 2.40. The summed E-state index contributed by atoms with van der Waals surface area (Å²) in [6, 6.07) is 0. The largest absolute Gasteiger partial charge is 0.444 e. The number of hydrogen-bond donors (Lipinski definition) is 2. The molecule has 1 aliphatic heterocycles. The molecular formula is C12H23NO4. The Morgan fingerprint density at radius 2 is 2.12 bits per heavy atom. The highest BCUT2D eigenvalue weighted by Crippen LogP contribution is 2.30. The fourth-order valence-electron chi connectivity index (χ4n) is 1.88. The van der Waals surface area contributed by atoms with Crippen molar-refractivity contribution in [2.45, 2.75) is 45.8 Å². The SMILES string of the molecule is CC(C)(C)OC(=O)N1CC[C@H](O)[C@](C)(CO)C1. The lowest BCUT2D eigenvalue weighted by Gasteiger charge is -2.42. The van der Waals surface area contributed by atoms with Crippen molar-refractivity contribution in [3.8, 4) is 0 Å². The summed E-state index contributed by atoms with van der Waals surface area (Å²) in [4.78, 5) is 13.4. The maximum absolute atomic E-state index is 11.9. The Bertz CT molecular complexity index is 287. The molecule has 2 atom stereocenters. The van der Waals surface area contributed by atoms with Crippen molar-refractivity contribution in [3.05, 3.63) is 0 Å². The van der Waals surface area contributed by atoms with Crippen LogP contribution < -0.4 is 0 Å². The van der Waals surface area contributed by atoms with Gasteiger partial charge in [-0.15, -0.1) is 0 Å². The molecule has 1 rings (SSSR count). The Morgan fingerprint density at radius 3 is 2.59 bits per heavy atom. The minimum atomic E-state index is -0.658. The standard InChI is InChI=1S/C12H23NO4/c1-11(2,3)17-10(16)13-6-5-9(15)12(4,7-13)8-14/h9,14-15H,5-8H2,1-4H3/t9-,12-/m0/s1. The first kappa shape index (κ1) is 14.3. The van der Waals surface area contributed by atoms with E-state index in [0.717, 1.165) is 0 Å². The van der Waals surface area contributed by atoms with E-state index in [9.17, 15) is 15.0 Å². The van der Waals surface area contributed by atoms with Crippen LogP contribution in [0.2, 0.25) is 0 Å². The monoisotopic (exact) mass is 245 g/mol. The highest BCUT2D eigenvalue weighted by atomic mass is 16.6. The van der Waals surface area contributed by atoms with Gasteiger partial charge in [0.25, 0.3) is 0 Å². The van der Waals surface area contributed by atoms with E-state index in [1.807, 2.05) is 20.8 Å². The molecule has 0 bridgehead atoms. The van der Waals surface area contributed by atoms with Gasteiger partial charge in [0.15, 0.2) is 0 Å². The van der Waals surface area contributed by atoms with Crippen LogP contribution >= 0.6 is 0 Å². The maximum Gasteiger partial charge on any atom is 0.410 e. The van der Waals surface area contributed by atoms with Gasteiger partial charge in [0.05, 0.1) is 12.7 Å². The molecule has 1 aliphatic rings. The van der Waals surface area contributed by atoms with E-state index in [4.69, 9.17) is 4.74 Å². The van der Waals surface area contributed by atoms with Gasteiger partial charge in [-0.2, -0.15) is 0 Å². The van der Waals surface area contributed by atoms with Crippen molar-refractivity contribution in [3.63, 3.8) is 0 Å². The average molecular weight is 245 g/mol. The molecule has 1 amide bonds. The number of rotatable bonds is 1. The number of nitrogens with zero attached hydrogens (tertiary/aromatic N) is 1. The number of aliphatic hydroxyl groups excluding tert-OH is 2. The Kier molecular flexibility index (Phi) is 4.04.